The number of hydrogen-bond donors (Lipinski definition) is 0. The number of hydrogen-bond acceptors (Lipinski definition) is 1. The van der Waals surface area contributed by atoms with Gasteiger partial charge < -0.3 is 0 Å². The van der Waals surface area contributed by atoms with Crippen LogP contribution in [0.3, 0.4) is 0 Å². The van der Waals surface area contributed by atoms with Crippen LogP contribution in [-0.4, -0.2) is 36.7 Å². The molecule has 0 aliphatic carbocycles. The predicted octanol–water partition coefficient (Wildman–Crippen LogP) is 1.88. The van der Waals surface area contributed by atoms with Crippen LogP contribution in [0.25, 0.3) is 0 Å². The van der Waals surface area contributed by atoms with E-state index in [1.165, 1.54) is 5.56 Å². The summed E-state index contributed by atoms with van der Waals surface area (Å²) in [6.45, 7) is 0. The molecule has 0 radical (unpaired) electrons. The van der Waals surface area contributed by atoms with Gasteiger partial charge in [-0.05, 0) is 0 Å². The summed E-state index contributed by atoms with van der Waals surface area (Å²) in [5.74, 6) is 0. The SMILES string of the molecule is [Li][CH2]C(c1ccccc1)N(C)C. The average Bonchev–Trinajstić information content (AvgIpc) is 2.07. The summed E-state index contributed by atoms with van der Waals surface area (Å²) in [5, 5.41) is 1.16. The molecule has 1 nitrogen and oxygen atoms in total. The fourth-order valence-corrected chi connectivity index (χ4v) is 1.57. The molecule has 0 amide bonds. The number of nitrogens with zero attached hydrogens (tertiary/aromatic N) is 1. The Bertz CT molecular complexity index is 221. The van der Waals surface area contributed by atoms with Crippen molar-refractivity contribution in [1.82, 2.24) is 4.90 Å². The molecule has 1 unspecified atom stereocenters. The quantitative estimate of drug-likeness (QED) is 0.602. The van der Waals surface area contributed by atoms with Crippen molar-refractivity contribution in [2.75, 3.05) is 14.1 Å². The fraction of sp³-hybridized carbons (Fsp3) is 0.400. The van der Waals surface area contributed by atoms with Gasteiger partial charge in [-0.2, -0.15) is 0 Å². The Morgan fingerprint density at radius 3 is 2.25 bits per heavy atom. The third-order valence-corrected chi connectivity index (χ3v) is 2.19. The fourth-order valence-electron chi connectivity index (χ4n) is 1.57. The first kappa shape index (κ1) is 9.86. The molecule has 60 valence electrons. The minimum atomic E-state index is 0.561. The zero-order chi connectivity index (χ0) is 8.97. The van der Waals surface area contributed by atoms with Gasteiger partial charge in [0.15, 0.2) is 0 Å². The van der Waals surface area contributed by atoms with Crippen LogP contribution >= 0.6 is 0 Å². The molecule has 0 heterocycles. The predicted molar refractivity (Wildman–Crippen MR) is 53.4 cm³/mol. The molecule has 0 fully saturated rings. The first-order chi connectivity index (χ1) is 5.75. The number of benzene rings is 1. The molecular formula is C10H14LiN. The molecular weight excluding hydrogens is 141 g/mol. The van der Waals surface area contributed by atoms with Gasteiger partial charge in [-0.25, -0.2) is 0 Å². The molecule has 0 spiro atoms. The van der Waals surface area contributed by atoms with Gasteiger partial charge in [-0.3, -0.25) is 0 Å². The van der Waals surface area contributed by atoms with Crippen molar-refractivity contribution in [1.29, 1.82) is 0 Å². The standard InChI is InChI=1S/C10H14N.Li/c1-9(11(2)3)10-7-5-4-6-8-10;/h4-9H,1H2,2-3H3;. The van der Waals surface area contributed by atoms with E-state index >= 15 is 0 Å². The molecule has 1 aromatic carbocycles. The van der Waals surface area contributed by atoms with E-state index in [0.29, 0.717) is 6.04 Å². The molecule has 0 aliphatic rings. The van der Waals surface area contributed by atoms with Crippen LogP contribution in [-0.2, 0) is 0 Å². The maximum absolute atomic E-state index is 2.26. The Balaban J connectivity index is 2.80. The molecule has 1 aromatic rings. The van der Waals surface area contributed by atoms with Crippen LogP contribution in [0, 0.1) is 0 Å². The van der Waals surface area contributed by atoms with E-state index in [-0.39, 0.29) is 0 Å². The Labute approximate surface area is 84.0 Å². The summed E-state index contributed by atoms with van der Waals surface area (Å²) in [5.41, 5.74) is 1.41. The first-order valence-corrected chi connectivity index (χ1v) is 4.47. The van der Waals surface area contributed by atoms with Crippen molar-refractivity contribution in [3.63, 3.8) is 0 Å². The van der Waals surface area contributed by atoms with Gasteiger partial charge in [-0.1, -0.05) is 0 Å². The average molecular weight is 155 g/mol. The van der Waals surface area contributed by atoms with Crippen LogP contribution in [0.5, 0.6) is 0 Å². The number of rotatable bonds is 3. The van der Waals surface area contributed by atoms with Gasteiger partial charge in [0.1, 0.15) is 0 Å². The third kappa shape index (κ3) is 2.38. The Morgan fingerprint density at radius 1 is 1.25 bits per heavy atom. The molecule has 0 aliphatic heterocycles. The van der Waals surface area contributed by atoms with Gasteiger partial charge in [0.05, 0.1) is 0 Å². The van der Waals surface area contributed by atoms with Crippen LogP contribution in [0.1, 0.15) is 11.6 Å². The first-order valence-electron chi connectivity index (χ1n) is 4.47. The van der Waals surface area contributed by atoms with E-state index in [1.807, 2.05) is 0 Å². The second kappa shape index (κ2) is 4.72. The molecule has 0 N–H and O–H groups in total. The zero-order valence-corrected chi connectivity index (χ0v) is 8.12. The van der Waals surface area contributed by atoms with Crippen molar-refractivity contribution < 1.29 is 0 Å². The van der Waals surface area contributed by atoms with E-state index in [0.717, 1.165) is 5.09 Å². The molecule has 2 heteroatoms. The van der Waals surface area contributed by atoms with Crippen LogP contribution in [0.4, 0.5) is 0 Å². The van der Waals surface area contributed by atoms with E-state index < -0.39 is 0 Å². The summed E-state index contributed by atoms with van der Waals surface area (Å²) in [6.07, 6.45) is 0. The van der Waals surface area contributed by atoms with E-state index in [1.54, 1.807) is 0 Å². The molecule has 1 rings (SSSR count). The van der Waals surface area contributed by atoms with Gasteiger partial charge >= 0.3 is 83.7 Å². The normalized spacial score (nSPS) is 13.4. The van der Waals surface area contributed by atoms with E-state index in [4.69, 9.17) is 0 Å². The molecule has 12 heavy (non-hydrogen) atoms. The monoisotopic (exact) mass is 155 g/mol. The Morgan fingerprint density at radius 2 is 1.83 bits per heavy atom. The maximum atomic E-state index is 2.26. The second-order valence-corrected chi connectivity index (χ2v) is 3.30. The summed E-state index contributed by atoms with van der Waals surface area (Å²) in [4.78, 5) is 2.26. The van der Waals surface area contributed by atoms with Gasteiger partial charge in [0.25, 0.3) is 0 Å². The summed E-state index contributed by atoms with van der Waals surface area (Å²) in [6, 6.07) is 11.2. The summed E-state index contributed by atoms with van der Waals surface area (Å²) < 4.78 is 0. The molecule has 1 atom stereocenters. The summed E-state index contributed by atoms with van der Waals surface area (Å²) >= 11 is 2.22. The van der Waals surface area contributed by atoms with Crippen LogP contribution in [0.2, 0.25) is 5.09 Å². The van der Waals surface area contributed by atoms with Crippen molar-refractivity contribution >= 4 is 17.7 Å². The third-order valence-electron chi connectivity index (χ3n) is 2.19. The molecule has 0 saturated carbocycles. The summed E-state index contributed by atoms with van der Waals surface area (Å²) in [7, 11) is 4.25. The van der Waals surface area contributed by atoms with Crippen LogP contribution in [0.15, 0.2) is 30.3 Å². The van der Waals surface area contributed by atoms with E-state index in [9.17, 15) is 0 Å². The minimum absolute atomic E-state index is 0.561. The Kier molecular flexibility index (Phi) is 3.88. The molecule has 0 saturated heterocycles. The van der Waals surface area contributed by atoms with Gasteiger partial charge in [0.2, 0.25) is 0 Å². The van der Waals surface area contributed by atoms with Crippen molar-refractivity contribution in [2.45, 2.75) is 11.1 Å². The van der Waals surface area contributed by atoms with Crippen LogP contribution < -0.4 is 0 Å². The van der Waals surface area contributed by atoms with Crippen molar-refractivity contribution in [3.05, 3.63) is 35.9 Å². The zero-order valence-electron chi connectivity index (χ0n) is 8.12. The molecule has 0 bridgehead atoms. The topological polar surface area (TPSA) is 3.24 Å². The second-order valence-electron chi connectivity index (χ2n) is 3.30. The van der Waals surface area contributed by atoms with E-state index in [2.05, 4.69) is 67.0 Å². The molecule has 0 aromatic heterocycles. The van der Waals surface area contributed by atoms with Gasteiger partial charge in [0, 0.05) is 0 Å². The van der Waals surface area contributed by atoms with Crippen molar-refractivity contribution in [2.24, 2.45) is 0 Å². The Hall–Kier alpha value is -0.223. The van der Waals surface area contributed by atoms with Gasteiger partial charge in [-0.15, -0.1) is 0 Å². The van der Waals surface area contributed by atoms with Crippen molar-refractivity contribution in [3.8, 4) is 0 Å².